The van der Waals surface area contributed by atoms with Gasteiger partial charge in [-0.1, -0.05) is 25.1 Å². The second-order valence-electron chi connectivity index (χ2n) is 8.27. The molecule has 0 radical (unpaired) electrons. The number of likely N-dealkylation sites (tertiary alicyclic amines) is 1. The van der Waals surface area contributed by atoms with Crippen molar-refractivity contribution in [3.8, 4) is 11.1 Å². The molecule has 2 aromatic carbocycles. The molecule has 2 aromatic rings. The SMILES string of the molecule is CCC(=N)N1CCC(CNCc2cc(C(=O)OC)cc(-c3cccc(C(=N)N)c3)c2)CC1. The number of rotatable bonds is 8. The van der Waals surface area contributed by atoms with Gasteiger partial charge in [0, 0.05) is 31.6 Å². The Hall–Kier alpha value is -3.19. The van der Waals surface area contributed by atoms with Crippen LogP contribution in [0, 0.1) is 16.7 Å². The molecule has 1 fully saturated rings. The fourth-order valence-corrected chi connectivity index (χ4v) is 4.11. The van der Waals surface area contributed by atoms with Crippen LogP contribution in [0.3, 0.4) is 0 Å². The minimum atomic E-state index is -0.374. The van der Waals surface area contributed by atoms with E-state index in [1.807, 2.05) is 37.3 Å². The second-order valence-corrected chi connectivity index (χ2v) is 8.27. The largest absolute Gasteiger partial charge is 0.465 e. The maximum Gasteiger partial charge on any atom is 0.337 e. The van der Waals surface area contributed by atoms with E-state index in [0.717, 1.165) is 61.4 Å². The van der Waals surface area contributed by atoms with Crippen molar-refractivity contribution in [2.45, 2.75) is 32.7 Å². The third-order valence-electron chi connectivity index (χ3n) is 6.01. The Morgan fingerprint density at radius 3 is 2.50 bits per heavy atom. The predicted octanol–water partition coefficient (Wildman–Crippen LogP) is 3.61. The smallest absolute Gasteiger partial charge is 0.337 e. The second kappa shape index (κ2) is 10.9. The number of carbonyl (C=O) groups is 1. The average molecular weight is 436 g/mol. The Morgan fingerprint density at radius 2 is 1.84 bits per heavy atom. The van der Waals surface area contributed by atoms with Gasteiger partial charge in [0.2, 0.25) is 0 Å². The molecule has 1 aliphatic rings. The molecule has 0 amide bonds. The van der Waals surface area contributed by atoms with Gasteiger partial charge in [-0.05, 0) is 66.3 Å². The van der Waals surface area contributed by atoms with Crippen LogP contribution in [0.5, 0.6) is 0 Å². The molecule has 5 N–H and O–H groups in total. The standard InChI is InChI=1S/C25H33N5O2/c1-3-23(26)30-9-7-17(8-10-30)15-29-16-18-11-21(14-22(12-18)25(31)32-2)19-5-4-6-20(13-19)24(27)28/h4-6,11-14,17,26,29H,3,7-10,15-16H2,1-2H3,(H3,27,28). The lowest BCUT2D eigenvalue weighted by molar-refractivity contribution is 0.0600. The summed E-state index contributed by atoms with van der Waals surface area (Å²) in [6, 6.07) is 13.2. The molecule has 170 valence electrons. The first kappa shape index (κ1) is 23.5. The van der Waals surface area contributed by atoms with Crippen LogP contribution in [0.25, 0.3) is 11.1 Å². The van der Waals surface area contributed by atoms with Gasteiger partial charge in [0.25, 0.3) is 0 Å². The summed E-state index contributed by atoms with van der Waals surface area (Å²) >= 11 is 0. The summed E-state index contributed by atoms with van der Waals surface area (Å²) in [4.78, 5) is 14.4. The molecule has 1 saturated heterocycles. The number of amidine groups is 2. The van der Waals surface area contributed by atoms with Crippen molar-refractivity contribution in [2.24, 2.45) is 11.7 Å². The lowest BCUT2D eigenvalue weighted by Crippen LogP contribution is -2.40. The van der Waals surface area contributed by atoms with E-state index in [9.17, 15) is 4.79 Å². The summed E-state index contributed by atoms with van der Waals surface area (Å²) in [5.74, 6) is 0.961. The van der Waals surface area contributed by atoms with Crippen molar-refractivity contribution in [1.29, 1.82) is 10.8 Å². The van der Waals surface area contributed by atoms with Crippen LogP contribution in [0.1, 0.15) is 47.7 Å². The van der Waals surface area contributed by atoms with E-state index >= 15 is 0 Å². The maximum absolute atomic E-state index is 12.2. The summed E-state index contributed by atoms with van der Waals surface area (Å²) in [6.07, 6.45) is 2.96. The van der Waals surface area contributed by atoms with E-state index in [1.54, 1.807) is 6.07 Å². The number of nitrogens with two attached hydrogens (primary N) is 1. The molecule has 0 spiro atoms. The minimum absolute atomic E-state index is 0.0120. The Morgan fingerprint density at radius 1 is 1.12 bits per heavy atom. The van der Waals surface area contributed by atoms with Gasteiger partial charge in [0.1, 0.15) is 5.84 Å². The van der Waals surface area contributed by atoms with E-state index in [0.29, 0.717) is 23.6 Å². The first-order chi connectivity index (χ1) is 15.4. The highest BCUT2D eigenvalue weighted by atomic mass is 16.5. The Balaban J connectivity index is 1.69. The van der Waals surface area contributed by atoms with Crippen molar-refractivity contribution >= 4 is 17.6 Å². The third-order valence-corrected chi connectivity index (χ3v) is 6.01. The zero-order valence-corrected chi connectivity index (χ0v) is 18.9. The Labute approximate surface area is 190 Å². The van der Waals surface area contributed by atoms with Gasteiger partial charge in [-0.25, -0.2) is 4.79 Å². The predicted molar refractivity (Wildman–Crippen MR) is 128 cm³/mol. The number of hydrogen-bond donors (Lipinski definition) is 4. The van der Waals surface area contributed by atoms with Gasteiger partial charge in [0.05, 0.1) is 18.5 Å². The van der Waals surface area contributed by atoms with Crippen LogP contribution in [0.15, 0.2) is 42.5 Å². The molecular weight excluding hydrogens is 402 g/mol. The van der Waals surface area contributed by atoms with Gasteiger partial charge in [0.15, 0.2) is 0 Å². The molecule has 7 heteroatoms. The van der Waals surface area contributed by atoms with Crippen LogP contribution >= 0.6 is 0 Å². The molecule has 0 saturated carbocycles. The van der Waals surface area contributed by atoms with Crippen LogP contribution in [0.4, 0.5) is 0 Å². The topological polar surface area (TPSA) is 115 Å². The van der Waals surface area contributed by atoms with E-state index in [-0.39, 0.29) is 11.8 Å². The first-order valence-electron chi connectivity index (χ1n) is 11.1. The number of benzene rings is 2. The third kappa shape index (κ3) is 5.95. The molecule has 7 nitrogen and oxygen atoms in total. The molecule has 0 atom stereocenters. The first-order valence-corrected chi connectivity index (χ1v) is 11.1. The minimum Gasteiger partial charge on any atom is -0.465 e. The van der Waals surface area contributed by atoms with E-state index in [1.165, 1.54) is 7.11 Å². The number of nitrogen functional groups attached to an aromatic ring is 1. The zero-order valence-electron chi connectivity index (χ0n) is 18.9. The normalized spacial score (nSPS) is 14.2. The van der Waals surface area contributed by atoms with Crippen molar-refractivity contribution in [3.05, 3.63) is 59.2 Å². The highest BCUT2D eigenvalue weighted by Crippen LogP contribution is 2.24. The van der Waals surface area contributed by atoms with E-state index < -0.39 is 0 Å². The molecule has 0 aromatic heterocycles. The molecule has 0 unspecified atom stereocenters. The van der Waals surface area contributed by atoms with Crippen LogP contribution in [-0.4, -0.2) is 49.3 Å². The van der Waals surface area contributed by atoms with Crippen LogP contribution < -0.4 is 11.1 Å². The molecule has 1 heterocycles. The summed E-state index contributed by atoms with van der Waals surface area (Å²) in [7, 11) is 1.38. The number of esters is 1. The van der Waals surface area contributed by atoms with Crippen molar-refractivity contribution in [2.75, 3.05) is 26.7 Å². The summed E-state index contributed by atoms with van der Waals surface area (Å²) in [6.45, 7) is 5.49. The van der Waals surface area contributed by atoms with Crippen molar-refractivity contribution in [1.82, 2.24) is 10.2 Å². The van der Waals surface area contributed by atoms with E-state index in [2.05, 4.69) is 16.3 Å². The van der Waals surface area contributed by atoms with Gasteiger partial charge in [-0.2, -0.15) is 0 Å². The maximum atomic E-state index is 12.2. The average Bonchev–Trinajstić information content (AvgIpc) is 2.83. The fourth-order valence-electron chi connectivity index (χ4n) is 4.11. The highest BCUT2D eigenvalue weighted by Gasteiger charge is 2.20. The summed E-state index contributed by atoms with van der Waals surface area (Å²) in [5.41, 5.74) is 9.58. The molecule has 0 bridgehead atoms. The molecule has 1 aliphatic heterocycles. The van der Waals surface area contributed by atoms with Crippen molar-refractivity contribution < 1.29 is 9.53 Å². The zero-order chi connectivity index (χ0) is 23.1. The van der Waals surface area contributed by atoms with E-state index in [4.69, 9.17) is 21.3 Å². The van der Waals surface area contributed by atoms with Crippen LogP contribution in [-0.2, 0) is 11.3 Å². The lowest BCUT2D eigenvalue weighted by atomic mass is 9.96. The number of ether oxygens (including phenoxy) is 1. The quantitative estimate of drug-likeness (QED) is 0.287. The monoisotopic (exact) mass is 435 g/mol. The molecule has 3 rings (SSSR count). The number of carbonyl (C=O) groups excluding carboxylic acids is 1. The Bertz CT molecular complexity index is 980. The summed E-state index contributed by atoms with van der Waals surface area (Å²) < 4.78 is 4.95. The number of hydrogen-bond acceptors (Lipinski definition) is 5. The highest BCUT2D eigenvalue weighted by molar-refractivity contribution is 5.96. The molecule has 32 heavy (non-hydrogen) atoms. The van der Waals surface area contributed by atoms with Gasteiger partial charge in [-0.3, -0.25) is 10.8 Å². The fraction of sp³-hybridized carbons (Fsp3) is 0.400. The van der Waals surface area contributed by atoms with Gasteiger partial charge >= 0.3 is 5.97 Å². The number of nitrogens with one attached hydrogen (secondary N) is 3. The summed E-state index contributed by atoms with van der Waals surface area (Å²) in [5, 5.41) is 19.2. The van der Waals surface area contributed by atoms with Crippen LogP contribution in [0.2, 0.25) is 0 Å². The van der Waals surface area contributed by atoms with Crippen molar-refractivity contribution in [3.63, 3.8) is 0 Å². The number of nitrogens with zero attached hydrogens (tertiary/aromatic N) is 1. The molecule has 0 aliphatic carbocycles. The molecular formula is C25H33N5O2. The lowest BCUT2D eigenvalue weighted by Gasteiger charge is -2.33. The van der Waals surface area contributed by atoms with Gasteiger partial charge < -0.3 is 20.7 Å². The Kier molecular flexibility index (Phi) is 8.00. The number of piperidine rings is 1. The number of methoxy groups -OCH3 is 1. The van der Waals surface area contributed by atoms with Gasteiger partial charge in [-0.15, -0.1) is 0 Å².